The van der Waals surface area contributed by atoms with Gasteiger partial charge in [-0.05, 0) is 67.4 Å². The first-order valence-electron chi connectivity index (χ1n) is 7.39. The molecule has 0 radical (unpaired) electrons. The molecule has 2 aliphatic carbocycles. The van der Waals surface area contributed by atoms with Crippen LogP contribution in [-0.2, 0) is 0 Å². The lowest BCUT2D eigenvalue weighted by atomic mass is 9.80. The Bertz CT molecular complexity index is 412. The molecule has 0 nitrogen and oxygen atoms in total. The number of aryl methyl sites for hydroxylation is 1. The molecule has 1 aromatic carbocycles. The third-order valence-corrected chi connectivity index (χ3v) is 6.07. The summed E-state index contributed by atoms with van der Waals surface area (Å²) >= 11 is 3.75. The highest BCUT2D eigenvalue weighted by molar-refractivity contribution is 9.09. The summed E-state index contributed by atoms with van der Waals surface area (Å²) in [5, 5.41) is 1.12. The summed E-state index contributed by atoms with van der Waals surface area (Å²) in [6, 6.07) is 8.93. The quantitative estimate of drug-likeness (QED) is 0.662. The van der Waals surface area contributed by atoms with Gasteiger partial charge in [-0.3, -0.25) is 0 Å². The maximum Gasteiger partial charge on any atom is 0.0100 e. The first-order valence-corrected chi connectivity index (χ1v) is 8.51. The number of hydrogen-bond acceptors (Lipinski definition) is 0. The molecule has 4 atom stereocenters. The fraction of sp³-hybridized carbons (Fsp3) is 0.647. The maximum absolute atomic E-state index is 3.75. The molecule has 0 aliphatic heterocycles. The predicted octanol–water partition coefficient (Wildman–Crippen LogP) is 5.30. The Kier molecular flexibility index (Phi) is 3.79. The third-order valence-electron chi connectivity index (χ3n) is 5.29. The minimum atomic E-state index is 0.718. The Hall–Kier alpha value is -0.300. The van der Waals surface area contributed by atoms with Crippen LogP contribution in [0.25, 0.3) is 0 Å². The number of rotatable bonds is 4. The molecule has 2 fully saturated rings. The van der Waals surface area contributed by atoms with E-state index < -0.39 is 0 Å². The van der Waals surface area contributed by atoms with E-state index in [1.807, 2.05) is 0 Å². The van der Waals surface area contributed by atoms with E-state index in [1.54, 1.807) is 5.56 Å². The van der Waals surface area contributed by atoms with Crippen molar-refractivity contribution in [1.82, 2.24) is 0 Å². The molecule has 0 N–H and O–H groups in total. The third kappa shape index (κ3) is 2.39. The standard InChI is InChI=1S/C17H23Br/c1-12-4-2-3-5-17(12)16(11-18)10-15-9-13-6-7-14(15)8-13/h2-5,13-16H,6-11H2,1H3. The van der Waals surface area contributed by atoms with E-state index in [0.29, 0.717) is 0 Å². The van der Waals surface area contributed by atoms with E-state index in [2.05, 4.69) is 47.1 Å². The maximum atomic E-state index is 3.75. The van der Waals surface area contributed by atoms with Crippen LogP contribution in [0.15, 0.2) is 24.3 Å². The molecule has 2 bridgehead atoms. The average molecular weight is 307 g/mol. The van der Waals surface area contributed by atoms with Crippen molar-refractivity contribution in [3.8, 4) is 0 Å². The van der Waals surface area contributed by atoms with Crippen molar-refractivity contribution in [2.45, 2.75) is 44.9 Å². The lowest BCUT2D eigenvalue weighted by Crippen LogP contribution is -2.15. The Morgan fingerprint density at radius 3 is 2.67 bits per heavy atom. The summed E-state index contributed by atoms with van der Waals surface area (Å²) in [4.78, 5) is 0. The van der Waals surface area contributed by atoms with Crippen molar-refractivity contribution in [1.29, 1.82) is 0 Å². The summed E-state index contributed by atoms with van der Waals surface area (Å²) in [6.45, 7) is 2.26. The second-order valence-electron chi connectivity index (χ2n) is 6.38. The smallest absolute Gasteiger partial charge is 0.0100 e. The van der Waals surface area contributed by atoms with Crippen molar-refractivity contribution in [3.05, 3.63) is 35.4 Å². The van der Waals surface area contributed by atoms with Gasteiger partial charge in [0.2, 0.25) is 0 Å². The van der Waals surface area contributed by atoms with Crippen LogP contribution in [0.4, 0.5) is 0 Å². The molecule has 4 unspecified atom stereocenters. The topological polar surface area (TPSA) is 0 Å². The van der Waals surface area contributed by atoms with E-state index in [0.717, 1.165) is 29.0 Å². The molecule has 0 amide bonds. The fourth-order valence-electron chi connectivity index (χ4n) is 4.35. The Morgan fingerprint density at radius 2 is 2.06 bits per heavy atom. The molecule has 0 aromatic heterocycles. The molecule has 1 aromatic rings. The monoisotopic (exact) mass is 306 g/mol. The summed E-state index contributed by atoms with van der Waals surface area (Å²) in [5.41, 5.74) is 3.03. The highest BCUT2D eigenvalue weighted by atomic mass is 79.9. The van der Waals surface area contributed by atoms with E-state index in [9.17, 15) is 0 Å². The molecular weight excluding hydrogens is 284 g/mol. The Morgan fingerprint density at radius 1 is 1.22 bits per heavy atom. The highest BCUT2D eigenvalue weighted by Gasteiger charge is 2.40. The fourth-order valence-corrected chi connectivity index (χ4v) is 4.96. The van der Waals surface area contributed by atoms with E-state index >= 15 is 0 Å². The number of hydrogen-bond donors (Lipinski definition) is 0. The van der Waals surface area contributed by atoms with Gasteiger partial charge < -0.3 is 0 Å². The molecule has 1 heteroatoms. The van der Waals surface area contributed by atoms with Gasteiger partial charge in [0.15, 0.2) is 0 Å². The SMILES string of the molecule is Cc1ccccc1C(CBr)CC1CC2CCC1C2. The molecule has 0 spiro atoms. The summed E-state index contributed by atoms with van der Waals surface area (Å²) in [5.74, 6) is 3.86. The van der Waals surface area contributed by atoms with Crippen LogP contribution in [-0.4, -0.2) is 5.33 Å². The van der Waals surface area contributed by atoms with Gasteiger partial charge in [0, 0.05) is 5.33 Å². The van der Waals surface area contributed by atoms with Crippen LogP contribution < -0.4 is 0 Å². The normalized spacial score (nSPS) is 31.8. The van der Waals surface area contributed by atoms with Gasteiger partial charge in [-0.1, -0.05) is 46.6 Å². The van der Waals surface area contributed by atoms with Gasteiger partial charge >= 0.3 is 0 Å². The van der Waals surface area contributed by atoms with Crippen LogP contribution in [0.1, 0.15) is 49.1 Å². The number of halogens is 1. The van der Waals surface area contributed by atoms with Crippen molar-refractivity contribution in [2.24, 2.45) is 17.8 Å². The predicted molar refractivity (Wildman–Crippen MR) is 81.3 cm³/mol. The molecule has 2 saturated carbocycles. The van der Waals surface area contributed by atoms with Crippen molar-refractivity contribution < 1.29 is 0 Å². The average Bonchev–Trinajstić information content (AvgIpc) is 2.99. The lowest BCUT2D eigenvalue weighted by molar-refractivity contribution is 0.300. The first kappa shape index (κ1) is 12.7. The van der Waals surface area contributed by atoms with Crippen molar-refractivity contribution >= 4 is 15.9 Å². The summed E-state index contributed by atoms with van der Waals surface area (Å²) in [6.07, 6.45) is 7.48. The number of alkyl halides is 1. The van der Waals surface area contributed by atoms with Gasteiger partial charge in [0.1, 0.15) is 0 Å². The second-order valence-corrected chi connectivity index (χ2v) is 7.03. The van der Waals surface area contributed by atoms with Gasteiger partial charge in [0.05, 0.1) is 0 Å². The van der Waals surface area contributed by atoms with Crippen molar-refractivity contribution in [2.75, 3.05) is 5.33 Å². The largest absolute Gasteiger partial charge is 0.0921 e. The van der Waals surface area contributed by atoms with Gasteiger partial charge in [-0.15, -0.1) is 0 Å². The van der Waals surface area contributed by atoms with Crippen LogP contribution in [0.3, 0.4) is 0 Å². The molecule has 3 rings (SSSR count). The van der Waals surface area contributed by atoms with Crippen LogP contribution >= 0.6 is 15.9 Å². The summed E-state index contributed by atoms with van der Waals surface area (Å²) < 4.78 is 0. The Labute approximate surface area is 119 Å². The molecule has 98 valence electrons. The molecular formula is C17H23Br. The van der Waals surface area contributed by atoms with Crippen LogP contribution in [0.2, 0.25) is 0 Å². The van der Waals surface area contributed by atoms with E-state index in [1.165, 1.54) is 37.7 Å². The molecule has 0 heterocycles. The minimum absolute atomic E-state index is 0.718. The highest BCUT2D eigenvalue weighted by Crippen LogP contribution is 2.51. The number of fused-ring (bicyclic) bond motifs is 2. The molecule has 2 aliphatic rings. The zero-order valence-electron chi connectivity index (χ0n) is 11.2. The van der Waals surface area contributed by atoms with Gasteiger partial charge in [0.25, 0.3) is 0 Å². The second kappa shape index (κ2) is 5.36. The molecule has 0 saturated heterocycles. The summed E-state index contributed by atoms with van der Waals surface area (Å²) in [7, 11) is 0. The van der Waals surface area contributed by atoms with Crippen LogP contribution in [0, 0.1) is 24.7 Å². The Balaban J connectivity index is 1.72. The van der Waals surface area contributed by atoms with E-state index in [-0.39, 0.29) is 0 Å². The van der Waals surface area contributed by atoms with Gasteiger partial charge in [-0.25, -0.2) is 0 Å². The first-order chi connectivity index (χ1) is 8.78. The molecule has 18 heavy (non-hydrogen) atoms. The minimum Gasteiger partial charge on any atom is -0.0921 e. The van der Waals surface area contributed by atoms with Gasteiger partial charge in [-0.2, -0.15) is 0 Å². The zero-order valence-corrected chi connectivity index (χ0v) is 12.8. The zero-order chi connectivity index (χ0) is 12.5. The van der Waals surface area contributed by atoms with Crippen molar-refractivity contribution in [3.63, 3.8) is 0 Å². The van der Waals surface area contributed by atoms with Crippen LogP contribution in [0.5, 0.6) is 0 Å². The lowest BCUT2D eigenvalue weighted by Gasteiger charge is -2.26. The van der Waals surface area contributed by atoms with E-state index in [4.69, 9.17) is 0 Å². The number of benzene rings is 1.